The number of hydrogen-bond donors (Lipinski definition) is 1. The number of halogens is 1. The molecule has 5 nitrogen and oxygen atoms in total. The summed E-state index contributed by atoms with van der Waals surface area (Å²) in [7, 11) is 0. The van der Waals surface area contributed by atoms with Crippen LogP contribution in [0.1, 0.15) is 48.7 Å². The summed E-state index contributed by atoms with van der Waals surface area (Å²) in [6.45, 7) is 3.70. The van der Waals surface area contributed by atoms with Crippen molar-refractivity contribution in [2.24, 2.45) is 0 Å². The fraction of sp³-hybridized carbons (Fsp3) is 0.500. The third-order valence-corrected chi connectivity index (χ3v) is 4.94. The summed E-state index contributed by atoms with van der Waals surface area (Å²) in [6.07, 6.45) is 4.67. The molecule has 0 atom stereocenters. The Labute approximate surface area is 130 Å². The first-order valence-corrected chi connectivity index (χ1v) is 7.88. The molecule has 0 saturated heterocycles. The first-order valence-electron chi connectivity index (χ1n) is 6.81. The van der Waals surface area contributed by atoms with Crippen molar-refractivity contribution < 1.29 is 4.52 Å². The lowest BCUT2D eigenvalue weighted by molar-refractivity contribution is 0.393. The van der Waals surface area contributed by atoms with Crippen molar-refractivity contribution in [2.45, 2.75) is 45.4 Å². The van der Waals surface area contributed by atoms with Crippen molar-refractivity contribution in [1.29, 1.82) is 0 Å². The van der Waals surface area contributed by atoms with Crippen LogP contribution in [-0.4, -0.2) is 15.1 Å². The molecule has 0 bridgehead atoms. The van der Waals surface area contributed by atoms with E-state index in [9.17, 15) is 4.79 Å². The molecule has 106 valence electrons. The highest BCUT2D eigenvalue weighted by Gasteiger charge is 2.24. The number of hydrogen-bond acceptors (Lipinski definition) is 4. The van der Waals surface area contributed by atoms with E-state index < -0.39 is 0 Å². The molecule has 1 saturated carbocycles. The largest absolute Gasteiger partial charge is 0.361 e. The van der Waals surface area contributed by atoms with Crippen LogP contribution < -0.4 is 5.56 Å². The number of aryl methyl sites for hydroxylation is 2. The van der Waals surface area contributed by atoms with Crippen LogP contribution in [0.5, 0.6) is 0 Å². The molecule has 6 heteroatoms. The summed E-state index contributed by atoms with van der Waals surface area (Å²) in [4.78, 5) is 19.7. The number of aromatic amines is 1. The minimum absolute atomic E-state index is 0.0718. The minimum atomic E-state index is -0.0718. The Balaban J connectivity index is 2.16. The molecule has 1 N–H and O–H groups in total. The van der Waals surface area contributed by atoms with Gasteiger partial charge in [-0.3, -0.25) is 4.79 Å². The molecule has 2 aromatic heterocycles. The predicted molar refractivity (Wildman–Crippen MR) is 83.8 cm³/mol. The summed E-state index contributed by atoms with van der Waals surface area (Å²) in [5.74, 6) is 1.67. The summed E-state index contributed by atoms with van der Waals surface area (Å²) in [5.41, 5.74) is 2.42. The smallest absolute Gasteiger partial charge is 0.264 e. The molecular formula is C14H16IN3O2. The third-order valence-electron chi connectivity index (χ3n) is 3.90. The maximum Gasteiger partial charge on any atom is 0.264 e. The van der Waals surface area contributed by atoms with E-state index >= 15 is 0 Å². The van der Waals surface area contributed by atoms with Crippen LogP contribution in [0.25, 0.3) is 11.4 Å². The van der Waals surface area contributed by atoms with Crippen LogP contribution in [-0.2, 0) is 0 Å². The van der Waals surface area contributed by atoms with Crippen molar-refractivity contribution in [3.05, 3.63) is 31.1 Å². The average molecular weight is 385 g/mol. The van der Waals surface area contributed by atoms with E-state index in [0.717, 1.165) is 29.8 Å². The van der Waals surface area contributed by atoms with Crippen LogP contribution in [0.4, 0.5) is 0 Å². The van der Waals surface area contributed by atoms with E-state index in [2.05, 4.69) is 32.7 Å². The standard InChI is InChI=1S/C14H16IN3O2/c1-7-10(8(2)20-18-7)13-16-12(9-5-3-4-6-9)11(15)14(19)17-13/h9H,3-6H2,1-2H3,(H,16,17,19). The van der Waals surface area contributed by atoms with Gasteiger partial charge in [0.1, 0.15) is 11.6 Å². The average Bonchev–Trinajstić information content (AvgIpc) is 3.04. The van der Waals surface area contributed by atoms with Crippen LogP contribution >= 0.6 is 22.6 Å². The van der Waals surface area contributed by atoms with Crippen molar-refractivity contribution in [3.8, 4) is 11.4 Å². The Kier molecular flexibility index (Phi) is 3.66. The summed E-state index contributed by atoms with van der Waals surface area (Å²) in [6, 6.07) is 0. The van der Waals surface area contributed by atoms with E-state index in [4.69, 9.17) is 9.51 Å². The molecule has 0 amide bonds. The zero-order valence-electron chi connectivity index (χ0n) is 11.5. The van der Waals surface area contributed by atoms with Gasteiger partial charge in [0.15, 0.2) is 0 Å². The first kappa shape index (κ1) is 13.8. The zero-order chi connectivity index (χ0) is 14.3. The lowest BCUT2D eigenvalue weighted by Gasteiger charge is -2.12. The van der Waals surface area contributed by atoms with Crippen molar-refractivity contribution >= 4 is 22.6 Å². The second kappa shape index (κ2) is 5.31. The van der Waals surface area contributed by atoms with Gasteiger partial charge in [-0.1, -0.05) is 18.0 Å². The topological polar surface area (TPSA) is 71.8 Å². The van der Waals surface area contributed by atoms with Gasteiger partial charge in [0.25, 0.3) is 5.56 Å². The Bertz CT molecular complexity index is 679. The van der Waals surface area contributed by atoms with Gasteiger partial charge in [-0.15, -0.1) is 0 Å². The second-order valence-corrected chi connectivity index (χ2v) is 6.37. The maximum atomic E-state index is 12.2. The van der Waals surface area contributed by atoms with Crippen LogP contribution in [0, 0.1) is 17.4 Å². The van der Waals surface area contributed by atoms with E-state index in [1.807, 2.05) is 13.8 Å². The number of nitrogens with zero attached hydrogens (tertiary/aromatic N) is 2. The quantitative estimate of drug-likeness (QED) is 0.806. The highest BCUT2D eigenvalue weighted by Crippen LogP contribution is 2.35. The van der Waals surface area contributed by atoms with Crippen molar-refractivity contribution in [2.75, 3.05) is 0 Å². The van der Waals surface area contributed by atoms with Crippen LogP contribution in [0.15, 0.2) is 9.32 Å². The van der Waals surface area contributed by atoms with Crippen molar-refractivity contribution in [1.82, 2.24) is 15.1 Å². The molecule has 3 rings (SSSR count). The second-order valence-electron chi connectivity index (χ2n) is 5.29. The zero-order valence-corrected chi connectivity index (χ0v) is 13.7. The Morgan fingerprint density at radius 2 is 2.00 bits per heavy atom. The predicted octanol–water partition coefficient (Wildman–Crippen LogP) is 3.30. The van der Waals surface area contributed by atoms with Crippen LogP contribution in [0.2, 0.25) is 0 Å². The normalized spacial score (nSPS) is 15.9. The van der Waals surface area contributed by atoms with Crippen LogP contribution in [0.3, 0.4) is 0 Å². The summed E-state index contributed by atoms with van der Waals surface area (Å²) in [5, 5.41) is 3.93. The molecule has 0 aliphatic heterocycles. The lowest BCUT2D eigenvalue weighted by atomic mass is 10.0. The van der Waals surface area contributed by atoms with Gasteiger partial charge in [0.05, 0.1) is 20.5 Å². The van der Waals surface area contributed by atoms with E-state index in [-0.39, 0.29) is 5.56 Å². The minimum Gasteiger partial charge on any atom is -0.361 e. The SMILES string of the molecule is Cc1noc(C)c1-c1nc(C2CCCC2)c(I)c(=O)[nH]1. The highest BCUT2D eigenvalue weighted by atomic mass is 127. The van der Waals surface area contributed by atoms with Gasteiger partial charge in [-0.05, 0) is 49.3 Å². The monoisotopic (exact) mass is 385 g/mol. The van der Waals surface area contributed by atoms with E-state index in [0.29, 0.717) is 21.1 Å². The Hall–Kier alpha value is -1.18. The van der Waals surface area contributed by atoms with Gasteiger partial charge in [0.2, 0.25) is 0 Å². The molecule has 2 aromatic rings. The molecular weight excluding hydrogens is 369 g/mol. The maximum absolute atomic E-state index is 12.2. The van der Waals surface area contributed by atoms with E-state index in [1.165, 1.54) is 12.8 Å². The lowest BCUT2D eigenvalue weighted by Crippen LogP contribution is -2.18. The number of nitrogens with one attached hydrogen (secondary N) is 1. The van der Waals surface area contributed by atoms with Gasteiger partial charge in [0, 0.05) is 5.92 Å². The molecule has 2 heterocycles. The van der Waals surface area contributed by atoms with Gasteiger partial charge < -0.3 is 9.51 Å². The fourth-order valence-electron chi connectivity index (χ4n) is 2.89. The van der Waals surface area contributed by atoms with Gasteiger partial charge >= 0.3 is 0 Å². The molecule has 1 aliphatic carbocycles. The van der Waals surface area contributed by atoms with Gasteiger partial charge in [-0.2, -0.15) is 0 Å². The highest BCUT2D eigenvalue weighted by molar-refractivity contribution is 14.1. The third kappa shape index (κ3) is 2.30. The summed E-state index contributed by atoms with van der Waals surface area (Å²) < 4.78 is 5.88. The molecule has 1 fully saturated rings. The van der Waals surface area contributed by atoms with Gasteiger partial charge in [-0.25, -0.2) is 4.98 Å². The number of H-pyrrole nitrogens is 1. The molecule has 0 radical (unpaired) electrons. The molecule has 1 aliphatic rings. The molecule has 0 spiro atoms. The summed E-state index contributed by atoms with van der Waals surface area (Å²) >= 11 is 2.10. The Morgan fingerprint density at radius 3 is 2.60 bits per heavy atom. The number of rotatable bonds is 2. The molecule has 0 aromatic carbocycles. The molecule has 0 unspecified atom stereocenters. The van der Waals surface area contributed by atoms with E-state index in [1.54, 1.807) is 0 Å². The Morgan fingerprint density at radius 1 is 1.30 bits per heavy atom. The fourth-order valence-corrected chi connectivity index (χ4v) is 3.58. The number of aromatic nitrogens is 3. The van der Waals surface area contributed by atoms with Crippen molar-refractivity contribution in [3.63, 3.8) is 0 Å². The first-order chi connectivity index (χ1) is 9.58. The molecule has 20 heavy (non-hydrogen) atoms.